The van der Waals surface area contributed by atoms with E-state index in [9.17, 15) is 18.0 Å². The highest BCUT2D eigenvalue weighted by Crippen LogP contribution is 2.33. The molecule has 1 aromatic rings. The lowest BCUT2D eigenvalue weighted by atomic mass is 10.1. The molecular formula is C12H13F3N2O2. The number of carbonyl (C=O) groups excluding carboxylic acids is 1. The third-order valence-electron chi connectivity index (χ3n) is 2.91. The number of nitrogens with two attached hydrogens (primary N) is 1. The van der Waals surface area contributed by atoms with Crippen molar-refractivity contribution in [3.8, 4) is 0 Å². The fraction of sp³-hybridized carbons (Fsp3) is 0.417. The highest BCUT2D eigenvalue weighted by molar-refractivity contribution is 5.90. The second-order valence-corrected chi connectivity index (χ2v) is 4.23. The van der Waals surface area contributed by atoms with Crippen LogP contribution in [0.1, 0.15) is 12.0 Å². The number of cyclic esters (lactones) is 1. The molecule has 1 unspecified atom stereocenters. The second kappa shape index (κ2) is 5.08. The number of hydrogen-bond donors (Lipinski definition) is 1. The van der Waals surface area contributed by atoms with Crippen LogP contribution in [0.2, 0.25) is 0 Å². The summed E-state index contributed by atoms with van der Waals surface area (Å²) in [4.78, 5) is 12.8. The Hall–Kier alpha value is -1.76. The highest BCUT2D eigenvalue weighted by Gasteiger charge is 2.36. The Bertz CT molecular complexity index is 476. The van der Waals surface area contributed by atoms with Crippen LogP contribution in [0.4, 0.5) is 23.7 Å². The Kier molecular flexibility index (Phi) is 3.66. The second-order valence-electron chi connectivity index (χ2n) is 4.23. The van der Waals surface area contributed by atoms with Gasteiger partial charge in [-0.3, -0.25) is 4.90 Å². The van der Waals surface area contributed by atoms with Gasteiger partial charge in [0.15, 0.2) is 0 Å². The van der Waals surface area contributed by atoms with Crippen molar-refractivity contribution in [3.05, 3.63) is 29.8 Å². The Morgan fingerprint density at radius 2 is 2.16 bits per heavy atom. The van der Waals surface area contributed by atoms with Crippen LogP contribution < -0.4 is 10.6 Å². The number of ether oxygens (including phenoxy) is 1. The van der Waals surface area contributed by atoms with Gasteiger partial charge in [0.25, 0.3) is 0 Å². The molecule has 0 radical (unpaired) electrons. The number of hydrogen-bond acceptors (Lipinski definition) is 3. The van der Waals surface area contributed by atoms with Gasteiger partial charge in [0, 0.05) is 5.69 Å². The molecule has 1 aromatic carbocycles. The molecule has 104 valence electrons. The van der Waals surface area contributed by atoms with Gasteiger partial charge in [-0.15, -0.1) is 0 Å². The zero-order valence-corrected chi connectivity index (χ0v) is 9.98. The maximum absolute atomic E-state index is 12.6. The summed E-state index contributed by atoms with van der Waals surface area (Å²) in [6.45, 7) is 0.475. The number of benzene rings is 1. The number of nitrogens with zero attached hydrogens (tertiary/aromatic N) is 1. The summed E-state index contributed by atoms with van der Waals surface area (Å²) in [5, 5.41) is 0. The van der Waals surface area contributed by atoms with E-state index in [4.69, 9.17) is 10.5 Å². The average molecular weight is 274 g/mol. The fourth-order valence-corrected chi connectivity index (χ4v) is 2.01. The van der Waals surface area contributed by atoms with E-state index in [1.54, 1.807) is 0 Å². The summed E-state index contributed by atoms with van der Waals surface area (Å²) < 4.78 is 42.8. The van der Waals surface area contributed by atoms with Crippen LogP contribution in [0.25, 0.3) is 0 Å². The fourth-order valence-electron chi connectivity index (χ4n) is 2.01. The zero-order valence-electron chi connectivity index (χ0n) is 9.98. The SMILES string of the molecule is NCCC1COC(=O)N1c1cccc(C(F)(F)F)c1. The number of halogens is 3. The molecule has 0 saturated carbocycles. The lowest BCUT2D eigenvalue weighted by Gasteiger charge is -2.21. The van der Waals surface area contributed by atoms with Crippen molar-refractivity contribution < 1.29 is 22.7 Å². The molecule has 2 N–H and O–H groups in total. The first-order chi connectivity index (χ1) is 8.93. The predicted octanol–water partition coefficient (Wildman–Crippen LogP) is 2.38. The van der Waals surface area contributed by atoms with Crippen LogP contribution in [0.15, 0.2) is 24.3 Å². The Balaban J connectivity index is 2.32. The molecule has 1 aliphatic rings. The van der Waals surface area contributed by atoms with E-state index >= 15 is 0 Å². The van der Waals surface area contributed by atoms with Crippen LogP contribution in [-0.4, -0.2) is 25.3 Å². The summed E-state index contributed by atoms with van der Waals surface area (Å²) in [7, 11) is 0. The zero-order chi connectivity index (χ0) is 14.0. The summed E-state index contributed by atoms with van der Waals surface area (Å²) in [6.07, 6.45) is -4.61. The summed E-state index contributed by atoms with van der Waals surface area (Å²) in [5.74, 6) is 0. The van der Waals surface area contributed by atoms with Crippen LogP contribution in [0.3, 0.4) is 0 Å². The number of rotatable bonds is 3. The third-order valence-corrected chi connectivity index (χ3v) is 2.91. The molecule has 1 amide bonds. The summed E-state index contributed by atoms with van der Waals surface area (Å²) in [5.41, 5.74) is 4.80. The van der Waals surface area contributed by atoms with Gasteiger partial charge < -0.3 is 10.5 Å². The van der Waals surface area contributed by atoms with E-state index in [1.807, 2.05) is 0 Å². The molecule has 1 atom stereocenters. The van der Waals surface area contributed by atoms with E-state index in [-0.39, 0.29) is 18.3 Å². The molecule has 1 saturated heterocycles. The Morgan fingerprint density at radius 3 is 2.79 bits per heavy atom. The van der Waals surface area contributed by atoms with E-state index in [1.165, 1.54) is 17.0 Å². The van der Waals surface area contributed by atoms with Crippen molar-refractivity contribution in [2.24, 2.45) is 5.73 Å². The van der Waals surface area contributed by atoms with Crippen LogP contribution in [-0.2, 0) is 10.9 Å². The minimum atomic E-state index is -4.44. The molecule has 1 fully saturated rings. The number of anilines is 1. The standard InChI is InChI=1S/C12H13F3N2O2/c13-12(14,15)8-2-1-3-9(6-8)17-10(4-5-16)7-19-11(17)18/h1-3,6,10H,4-5,7,16H2. The largest absolute Gasteiger partial charge is 0.447 e. The molecule has 7 heteroatoms. The number of amides is 1. The topological polar surface area (TPSA) is 55.6 Å². The van der Waals surface area contributed by atoms with Gasteiger partial charge in [-0.1, -0.05) is 6.07 Å². The normalized spacial score (nSPS) is 19.7. The van der Waals surface area contributed by atoms with E-state index in [2.05, 4.69) is 0 Å². The number of carbonyl (C=O) groups is 1. The van der Waals surface area contributed by atoms with Crippen molar-refractivity contribution in [2.75, 3.05) is 18.1 Å². The van der Waals surface area contributed by atoms with Crippen molar-refractivity contribution in [1.29, 1.82) is 0 Å². The van der Waals surface area contributed by atoms with Crippen molar-refractivity contribution in [2.45, 2.75) is 18.6 Å². The van der Waals surface area contributed by atoms with Gasteiger partial charge >= 0.3 is 12.3 Å². The highest BCUT2D eigenvalue weighted by atomic mass is 19.4. The molecule has 0 spiro atoms. The first-order valence-corrected chi connectivity index (χ1v) is 5.77. The predicted molar refractivity (Wildman–Crippen MR) is 62.7 cm³/mol. The number of alkyl halides is 3. The van der Waals surface area contributed by atoms with E-state index in [0.29, 0.717) is 13.0 Å². The smallest absolute Gasteiger partial charge is 0.416 e. The van der Waals surface area contributed by atoms with Gasteiger partial charge in [-0.25, -0.2) is 4.79 Å². The van der Waals surface area contributed by atoms with Crippen molar-refractivity contribution >= 4 is 11.8 Å². The molecule has 0 bridgehead atoms. The van der Waals surface area contributed by atoms with Gasteiger partial charge in [0.05, 0.1) is 11.6 Å². The molecule has 0 aliphatic carbocycles. The quantitative estimate of drug-likeness (QED) is 0.920. The van der Waals surface area contributed by atoms with Gasteiger partial charge in [-0.05, 0) is 31.2 Å². The molecule has 2 rings (SSSR count). The maximum Gasteiger partial charge on any atom is 0.416 e. The lowest BCUT2D eigenvalue weighted by Crippen LogP contribution is -2.35. The molecule has 1 aliphatic heterocycles. The minimum Gasteiger partial charge on any atom is -0.447 e. The van der Waals surface area contributed by atoms with Crippen molar-refractivity contribution in [3.63, 3.8) is 0 Å². The van der Waals surface area contributed by atoms with Crippen LogP contribution >= 0.6 is 0 Å². The maximum atomic E-state index is 12.6. The van der Waals surface area contributed by atoms with Gasteiger partial charge in [0.2, 0.25) is 0 Å². The van der Waals surface area contributed by atoms with Crippen molar-refractivity contribution in [1.82, 2.24) is 0 Å². The first kappa shape index (κ1) is 13.7. The van der Waals surface area contributed by atoms with E-state index in [0.717, 1.165) is 12.1 Å². The monoisotopic (exact) mass is 274 g/mol. The Morgan fingerprint density at radius 1 is 1.42 bits per heavy atom. The van der Waals surface area contributed by atoms with Gasteiger partial charge in [0.1, 0.15) is 6.61 Å². The molecule has 4 nitrogen and oxygen atoms in total. The summed E-state index contributed by atoms with van der Waals surface area (Å²) >= 11 is 0. The first-order valence-electron chi connectivity index (χ1n) is 5.77. The molecular weight excluding hydrogens is 261 g/mol. The minimum absolute atomic E-state index is 0.145. The van der Waals surface area contributed by atoms with Crippen LogP contribution in [0, 0.1) is 0 Å². The molecule has 1 heterocycles. The van der Waals surface area contributed by atoms with Crippen LogP contribution in [0.5, 0.6) is 0 Å². The van der Waals surface area contributed by atoms with E-state index < -0.39 is 17.8 Å². The molecule has 19 heavy (non-hydrogen) atoms. The Labute approximate surface area is 107 Å². The van der Waals surface area contributed by atoms with Gasteiger partial charge in [-0.2, -0.15) is 13.2 Å². The summed E-state index contributed by atoms with van der Waals surface area (Å²) in [6, 6.07) is 4.30. The molecule has 0 aromatic heterocycles. The lowest BCUT2D eigenvalue weighted by molar-refractivity contribution is -0.137. The average Bonchev–Trinajstić information content (AvgIpc) is 2.70. The third kappa shape index (κ3) is 2.81.